The Balaban J connectivity index is 1.37. The van der Waals surface area contributed by atoms with Gasteiger partial charge in [-0.3, -0.25) is 23.5 Å². The second-order valence-corrected chi connectivity index (χ2v) is 9.19. The molecular formula is C27H32N6O2. The summed E-state index contributed by atoms with van der Waals surface area (Å²) in [7, 11) is 0. The lowest BCUT2D eigenvalue weighted by molar-refractivity contribution is -0.121. The predicted molar refractivity (Wildman–Crippen MR) is 136 cm³/mol. The number of fused-ring (bicyclic) bond motifs is 3. The highest BCUT2D eigenvalue weighted by Crippen LogP contribution is 2.17. The zero-order valence-corrected chi connectivity index (χ0v) is 20.2. The summed E-state index contributed by atoms with van der Waals surface area (Å²) < 4.78 is 3.64. The Bertz CT molecular complexity index is 1380. The van der Waals surface area contributed by atoms with Crippen molar-refractivity contribution in [1.82, 2.24) is 29.4 Å². The Kier molecular flexibility index (Phi) is 6.90. The van der Waals surface area contributed by atoms with Crippen LogP contribution in [0.25, 0.3) is 16.7 Å². The average Bonchev–Trinajstić information content (AvgIpc) is 3.53. The first-order valence-electron chi connectivity index (χ1n) is 12.6. The fourth-order valence-corrected chi connectivity index (χ4v) is 5.15. The number of aryl methyl sites for hydroxylation is 3. The van der Waals surface area contributed by atoms with Gasteiger partial charge in [0.25, 0.3) is 5.56 Å². The normalized spacial score (nSPS) is 16.3. The van der Waals surface area contributed by atoms with Gasteiger partial charge in [0.2, 0.25) is 11.7 Å². The molecule has 0 aliphatic carbocycles. The van der Waals surface area contributed by atoms with Crippen molar-refractivity contribution in [3.63, 3.8) is 0 Å². The van der Waals surface area contributed by atoms with E-state index in [4.69, 9.17) is 0 Å². The number of carbonyl (C=O) groups excluding carboxylic acids is 1. The minimum absolute atomic E-state index is 0.0198. The number of amides is 1. The summed E-state index contributed by atoms with van der Waals surface area (Å²) in [4.78, 5) is 28.4. The van der Waals surface area contributed by atoms with Crippen molar-refractivity contribution in [2.24, 2.45) is 0 Å². The first-order valence-corrected chi connectivity index (χ1v) is 12.6. The van der Waals surface area contributed by atoms with E-state index in [1.54, 1.807) is 4.57 Å². The van der Waals surface area contributed by atoms with E-state index in [0.717, 1.165) is 37.0 Å². The fraction of sp³-hybridized carbons (Fsp3) is 0.407. The molecule has 8 nitrogen and oxygen atoms in total. The zero-order chi connectivity index (χ0) is 24.2. The van der Waals surface area contributed by atoms with Crippen LogP contribution in [0.5, 0.6) is 0 Å². The van der Waals surface area contributed by atoms with E-state index in [-0.39, 0.29) is 11.5 Å². The molecule has 1 aliphatic rings. The molecule has 1 N–H and O–H groups in total. The Morgan fingerprint density at radius 3 is 2.69 bits per heavy atom. The van der Waals surface area contributed by atoms with Crippen molar-refractivity contribution < 1.29 is 4.79 Å². The minimum atomic E-state index is -0.0715. The van der Waals surface area contributed by atoms with Crippen LogP contribution in [0.2, 0.25) is 0 Å². The van der Waals surface area contributed by atoms with Crippen LogP contribution in [0.15, 0.2) is 59.4 Å². The zero-order valence-electron chi connectivity index (χ0n) is 20.2. The monoisotopic (exact) mass is 472 g/mol. The number of hydrogen-bond acceptors (Lipinski definition) is 5. The molecule has 0 saturated carbocycles. The summed E-state index contributed by atoms with van der Waals surface area (Å²) in [5.74, 6) is 1.23. The molecule has 1 atom stereocenters. The van der Waals surface area contributed by atoms with Crippen LogP contribution in [0.1, 0.15) is 37.6 Å². The third-order valence-corrected chi connectivity index (χ3v) is 7.06. The van der Waals surface area contributed by atoms with Crippen molar-refractivity contribution in [2.75, 3.05) is 19.6 Å². The Hall–Kier alpha value is -3.52. The van der Waals surface area contributed by atoms with E-state index in [0.29, 0.717) is 49.0 Å². The molecule has 2 aromatic carbocycles. The van der Waals surface area contributed by atoms with Crippen molar-refractivity contribution in [3.05, 3.63) is 76.3 Å². The molecule has 1 amide bonds. The summed E-state index contributed by atoms with van der Waals surface area (Å²) in [6.45, 7) is 5.49. The van der Waals surface area contributed by atoms with Crippen LogP contribution in [-0.4, -0.2) is 55.6 Å². The van der Waals surface area contributed by atoms with Gasteiger partial charge in [-0.15, -0.1) is 10.2 Å². The third-order valence-electron chi connectivity index (χ3n) is 7.06. The van der Waals surface area contributed by atoms with Crippen LogP contribution < -0.4 is 10.9 Å². The number of likely N-dealkylation sites (tertiary alicyclic amines) is 1. The molecule has 182 valence electrons. The largest absolute Gasteiger partial charge is 0.355 e. The van der Waals surface area contributed by atoms with Gasteiger partial charge in [-0.1, -0.05) is 49.4 Å². The number of hydrogen-bond donors (Lipinski definition) is 1. The minimum Gasteiger partial charge on any atom is -0.355 e. The number of para-hydroxylation sites is 1. The van der Waals surface area contributed by atoms with Gasteiger partial charge < -0.3 is 5.32 Å². The van der Waals surface area contributed by atoms with Crippen molar-refractivity contribution in [1.29, 1.82) is 0 Å². The lowest BCUT2D eigenvalue weighted by Gasteiger charge is -2.22. The predicted octanol–water partition coefficient (Wildman–Crippen LogP) is 2.82. The van der Waals surface area contributed by atoms with Crippen LogP contribution in [0, 0.1) is 0 Å². The van der Waals surface area contributed by atoms with E-state index in [1.165, 1.54) is 6.42 Å². The Morgan fingerprint density at radius 2 is 1.86 bits per heavy atom. The lowest BCUT2D eigenvalue weighted by atomic mass is 10.1. The number of aromatic nitrogens is 4. The molecule has 0 bridgehead atoms. The second-order valence-electron chi connectivity index (χ2n) is 9.19. The van der Waals surface area contributed by atoms with Gasteiger partial charge in [0, 0.05) is 32.0 Å². The lowest BCUT2D eigenvalue weighted by Crippen LogP contribution is -2.40. The maximum Gasteiger partial charge on any atom is 0.262 e. The van der Waals surface area contributed by atoms with E-state index >= 15 is 0 Å². The molecule has 8 heteroatoms. The number of nitrogens with zero attached hydrogens (tertiary/aromatic N) is 5. The number of likely N-dealkylation sites (N-methyl/N-ethyl adjacent to an activating group) is 1. The SMILES string of the molecule is CCN1CCCC1CNC(=O)CCc1nnc2n(CCc3ccccc3)c(=O)c3ccccc3n12. The van der Waals surface area contributed by atoms with E-state index in [2.05, 4.69) is 39.5 Å². The van der Waals surface area contributed by atoms with Gasteiger partial charge in [0.05, 0.1) is 10.9 Å². The summed E-state index contributed by atoms with van der Waals surface area (Å²) in [5, 5.41) is 12.5. The molecule has 5 rings (SSSR count). The fourth-order valence-electron chi connectivity index (χ4n) is 5.15. The highest BCUT2D eigenvalue weighted by molar-refractivity contribution is 5.80. The molecule has 1 unspecified atom stereocenters. The summed E-state index contributed by atoms with van der Waals surface area (Å²) in [5.41, 5.74) is 1.86. The first-order chi connectivity index (χ1) is 17.2. The number of nitrogens with one attached hydrogen (secondary N) is 1. The molecule has 1 saturated heterocycles. The third kappa shape index (κ3) is 4.84. The molecular weight excluding hydrogens is 440 g/mol. The summed E-state index contributed by atoms with van der Waals surface area (Å²) in [6.07, 6.45) is 3.83. The van der Waals surface area contributed by atoms with Crippen LogP contribution >= 0.6 is 0 Å². The maximum atomic E-state index is 13.3. The van der Waals surface area contributed by atoms with Crippen molar-refractivity contribution in [3.8, 4) is 0 Å². The Morgan fingerprint density at radius 1 is 1.06 bits per heavy atom. The molecule has 0 spiro atoms. The molecule has 4 aromatic rings. The summed E-state index contributed by atoms with van der Waals surface area (Å²) in [6, 6.07) is 18.1. The molecule has 3 heterocycles. The quantitative estimate of drug-likeness (QED) is 0.405. The molecule has 35 heavy (non-hydrogen) atoms. The van der Waals surface area contributed by atoms with Crippen LogP contribution in [0.3, 0.4) is 0 Å². The van der Waals surface area contributed by atoms with Gasteiger partial charge in [-0.2, -0.15) is 0 Å². The Labute approximate surface area is 204 Å². The van der Waals surface area contributed by atoms with Gasteiger partial charge >= 0.3 is 0 Å². The van der Waals surface area contributed by atoms with E-state index in [1.807, 2.05) is 46.9 Å². The molecule has 1 aliphatic heterocycles. The van der Waals surface area contributed by atoms with E-state index < -0.39 is 0 Å². The highest BCUT2D eigenvalue weighted by atomic mass is 16.1. The molecule has 0 radical (unpaired) electrons. The first kappa shape index (κ1) is 23.2. The number of benzene rings is 2. The second kappa shape index (κ2) is 10.4. The smallest absolute Gasteiger partial charge is 0.262 e. The standard InChI is InChI=1S/C27H32N6O2/c1-2-31-17-8-11-21(31)19-28-25(34)15-14-24-29-30-27-32(18-16-20-9-4-3-5-10-20)26(35)22-12-6-7-13-23(22)33(24)27/h3-7,9-10,12-13,21H,2,8,11,14-19H2,1H3,(H,28,34). The van der Waals surface area contributed by atoms with Crippen LogP contribution in [-0.2, 0) is 24.2 Å². The van der Waals surface area contributed by atoms with Crippen LogP contribution in [0.4, 0.5) is 0 Å². The molecule has 1 fully saturated rings. The summed E-state index contributed by atoms with van der Waals surface area (Å²) >= 11 is 0. The van der Waals surface area contributed by atoms with Gasteiger partial charge in [0.1, 0.15) is 5.82 Å². The average molecular weight is 473 g/mol. The highest BCUT2D eigenvalue weighted by Gasteiger charge is 2.23. The van der Waals surface area contributed by atoms with Crippen molar-refractivity contribution >= 4 is 22.6 Å². The van der Waals surface area contributed by atoms with Crippen molar-refractivity contribution in [2.45, 2.75) is 51.6 Å². The topological polar surface area (TPSA) is 84.5 Å². The number of carbonyl (C=O) groups is 1. The molecule has 2 aromatic heterocycles. The number of rotatable bonds is 9. The maximum absolute atomic E-state index is 13.3. The van der Waals surface area contributed by atoms with Gasteiger partial charge in [0.15, 0.2) is 0 Å². The van der Waals surface area contributed by atoms with E-state index in [9.17, 15) is 9.59 Å². The van der Waals surface area contributed by atoms with Gasteiger partial charge in [-0.25, -0.2) is 0 Å². The van der Waals surface area contributed by atoms with Gasteiger partial charge in [-0.05, 0) is 50.0 Å².